The fourth-order valence-electron chi connectivity index (χ4n) is 2.62. The van der Waals surface area contributed by atoms with Crippen molar-refractivity contribution < 1.29 is 4.52 Å². The van der Waals surface area contributed by atoms with Crippen molar-refractivity contribution in [2.75, 3.05) is 0 Å². The highest BCUT2D eigenvalue weighted by atomic mass is 79.9. The molecule has 112 valence electrons. The first kappa shape index (κ1) is 15.1. The minimum Gasteiger partial charge on any atom is -0.339 e. The lowest BCUT2D eigenvalue weighted by Crippen LogP contribution is -2.26. The Morgan fingerprint density at radius 1 is 1.29 bits per heavy atom. The highest BCUT2D eigenvalue weighted by Gasteiger charge is 2.25. The largest absolute Gasteiger partial charge is 0.339 e. The number of halogens is 1. The summed E-state index contributed by atoms with van der Waals surface area (Å²) in [5.41, 5.74) is 6.02. The van der Waals surface area contributed by atoms with Crippen LogP contribution in [0.15, 0.2) is 38.2 Å². The number of nitrogens with zero attached hydrogens (tertiary/aromatic N) is 2. The van der Waals surface area contributed by atoms with Crippen molar-refractivity contribution in [2.24, 2.45) is 5.73 Å². The number of aromatic nitrogens is 2. The van der Waals surface area contributed by atoms with E-state index in [1.807, 2.05) is 12.1 Å². The van der Waals surface area contributed by atoms with Crippen LogP contribution in [-0.2, 0) is 5.75 Å². The van der Waals surface area contributed by atoms with Gasteiger partial charge in [0.25, 0.3) is 0 Å². The number of benzene rings is 1. The zero-order valence-electron chi connectivity index (χ0n) is 11.7. The van der Waals surface area contributed by atoms with E-state index in [2.05, 4.69) is 38.2 Å². The summed E-state index contributed by atoms with van der Waals surface area (Å²) in [6, 6.07) is 8.50. The van der Waals surface area contributed by atoms with Crippen molar-refractivity contribution in [3.8, 4) is 0 Å². The molecule has 0 spiro atoms. The maximum atomic E-state index is 6.02. The number of rotatable bonds is 4. The average molecular weight is 368 g/mol. The molecule has 1 aromatic heterocycles. The van der Waals surface area contributed by atoms with Gasteiger partial charge in [0, 0.05) is 21.3 Å². The number of nitrogens with two attached hydrogens (primary N) is 1. The first-order valence-corrected chi connectivity index (χ1v) is 8.95. The predicted octanol–water partition coefficient (Wildman–Crippen LogP) is 4.11. The fraction of sp³-hybridized carbons (Fsp3) is 0.467. The molecule has 1 aliphatic carbocycles. The summed E-state index contributed by atoms with van der Waals surface area (Å²) in [5.74, 6) is 2.59. The van der Waals surface area contributed by atoms with Gasteiger partial charge in [-0.05, 0) is 43.5 Å². The van der Waals surface area contributed by atoms with Gasteiger partial charge in [-0.2, -0.15) is 4.98 Å². The first-order chi connectivity index (χ1) is 10.2. The maximum Gasteiger partial charge on any atom is 0.229 e. The van der Waals surface area contributed by atoms with Crippen LogP contribution in [0.2, 0.25) is 0 Å². The number of hydrogen-bond acceptors (Lipinski definition) is 5. The van der Waals surface area contributed by atoms with E-state index in [0.717, 1.165) is 47.6 Å². The van der Waals surface area contributed by atoms with Gasteiger partial charge >= 0.3 is 0 Å². The Hall–Kier alpha value is -0.850. The van der Waals surface area contributed by atoms with Crippen LogP contribution in [0.1, 0.15) is 43.3 Å². The molecule has 1 aliphatic rings. The lowest BCUT2D eigenvalue weighted by molar-refractivity contribution is 0.297. The van der Waals surface area contributed by atoms with E-state index in [1.165, 1.54) is 4.90 Å². The first-order valence-electron chi connectivity index (χ1n) is 7.17. The lowest BCUT2D eigenvalue weighted by Gasteiger charge is -2.23. The Morgan fingerprint density at radius 2 is 2.10 bits per heavy atom. The minimum atomic E-state index is 0.274. The van der Waals surface area contributed by atoms with E-state index < -0.39 is 0 Å². The van der Waals surface area contributed by atoms with E-state index in [-0.39, 0.29) is 6.04 Å². The van der Waals surface area contributed by atoms with E-state index >= 15 is 0 Å². The maximum absolute atomic E-state index is 6.02. The van der Waals surface area contributed by atoms with Gasteiger partial charge in [-0.15, -0.1) is 11.8 Å². The van der Waals surface area contributed by atoms with E-state index in [1.54, 1.807) is 11.8 Å². The molecule has 1 saturated carbocycles. The lowest BCUT2D eigenvalue weighted by atomic mass is 9.86. The molecular weight excluding hydrogens is 350 g/mol. The second-order valence-electron chi connectivity index (χ2n) is 5.42. The number of hydrogen-bond donors (Lipinski definition) is 1. The highest BCUT2D eigenvalue weighted by molar-refractivity contribution is 9.10. The zero-order valence-corrected chi connectivity index (χ0v) is 14.1. The van der Waals surface area contributed by atoms with Crippen molar-refractivity contribution in [1.29, 1.82) is 0 Å². The van der Waals surface area contributed by atoms with Gasteiger partial charge in [0.15, 0.2) is 5.82 Å². The molecule has 1 fully saturated rings. The van der Waals surface area contributed by atoms with Crippen LogP contribution < -0.4 is 5.73 Å². The molecule has 0 radical (unpaired) electrons. The molecule has 21 heavy (non-hydrogen) atoms. The van der Waals surface area contributed by atoms with Crippen LogP contribution in [0.25, 0.3) is 0 Å². The third kappa shape index (κ3) is 4.08. The monoisotopic (exact) mass is 367 g/mol. The Labute approximate surface area is 137 Å². The van der Waals surface area contributed by atoms with Gasteiger partial charge in [-0.25, -0.2) is 0 Å². The average Bonchev–Trinajstić information content (AvgIpc) is 2.96. The summed E-state index contributed by atoms with van der Waals surface area (Å²) in [4.78, 5) is 5.74. The van der Waals surface area contributed by atoms with Gasteiger partial charge in [0.1, 0.15) is 0 Å². The van der Waals surface area contributed by atoms with Crippen LogP contribution in [0.3, 0.4) is 0 Å². The van der Waals surface area contributed by atoms with Crippen LogP contribution in [-0.4, -0.2) is 16.2 Å². The molecule has 6 heteroatoms. The van der Waals surface area contributed by atoms with Crippen molar-refractivity contribution in [3.05, 3.63) is 40.5 Å². The summed E-state index contributed by atoms with van der Waals surface area (Å²) in [7, 11) is 0. The zero-order chi connectivity index (χ0) is 14.7. The Morgan fingerprint density at radius 3 is 2.86 bits per heavy atom. The molecule has 4 nitrogen and oxygen atoms in total. The van der Waals surface area contributed by atoms with Gasteiger partial charge in [-0.3, -0.25) is 0 Å². The van der Waals surface area contributed by atoms with E-state index in [9.17, 15) is 0 Å². The van der Waals surface area contributed by atoms with Gasteiger partial charge in [0.05, 0.1) is 5.75 Å². The normalized spacial score (nSPS) is 22.4. The summed E-state index contributed by atoms with van der Waals surface area (Å²) in [5, 5.41) is 4.09. The molecule has 2 N–H and O–H groups in total. The molecule has 2 unspecified atom stereocenters. The molecule has 0 saturated heterocycles. The van der Waals surface area contributed by atoms with Crippen LogP contribution in [0.4, 0.5) is 0 Å². The molecule has 2 atom stereocenters. The summed E-state index contributed by atoms with van der Waals surface area (Å²) in [6.45, 7) is 0. The van der Waals surface area contributed by atoms with Gasteiger partial charge in [-0.1, -0.05) is 27.5 Å². The second-order valence-corrected chi connectivity index (χ2v) is 7.38. The Balaban J connectivity index is 1.58. The SMILES string of the molecule is NC1CCCC(c2nc(CSc3ccc(Br)cc3)no2)C1. The third-order valence-corrected chi connectivity index (χ3v) is 5.27. The summed E-state index contributed by atoms with van der Waals surface area (Å²) in [6.07, 6.45) is 4.32. The summed E-state index contributed by atoms with van der Waals surface area (Å²) < 4.78 is 6.51. The third-order valence-electron chi connectivity index (χ3n) is 3.73. The Kier molecular flexibility index (Phi) is 4.98. The molecule has 1 heterocycles. The quantitative estimate of drug-likeness (QED) is 0.823. The van der Waals surface area contributed by atoms with E-state index in [4.69, 9.17) is 10.3 Å². The topological polar surface area (TPSA) is 64.9 Å². The number of thioether (sulfide) groups is 1. The predicted molar refractivity (Wildman–Crippen MR) is 87.2 cm³/mol. The molecule has 0 bridgehead atoms. The smallest absolute Gasteiger partial charge is 0.229 e. The van der Waals surface area contributed by atoms with Crippen molar-refractivity contribution in [2.45, 2.75) is 48.3 Å². The molecule has 0 aliphatic heterocycles. The standard InChI is InChI=1S/C15H18BrN3OS/c16-11-4-6-13(7-5-11)21-9-14-18-15(20-19-14)10-2-1-3-12(17)8-10/h4-7,10,12H,1-3,8-9,17H2. The minimum absolute atomic E-state index is 0.274. The molecule has 2 aromatic rings. The van der Waals surface area contributed by atoms with Crippen LogP contribution in [0.5, 0.6) is 0 Å². The molecular formula is C15H18BrN3OS. The van der Waals surface area contributed by atoms with Crippen molar-refractivity contribution >= 4 is 27.7 Å². The van der Waals surface area contributed by atoms with Gasteiger partial charge < -0.3 is 10.3 Å². The molecule has 0 amide bonds. The molecule has 3 rings (SSSR count). The van der Waals surface area contributed by atoms with Crippen LogP contribution in [0, 0.1) is 0 Å². The van der Waals surface area contributed by atoms with E-state index in [0.29, 0.717) is 5.92 Å². The molecule has 1 aromatic carbocycles. The highest BCUT2D eigenvalue weighted by Crippen LogP contribution is 2.31. The fourth-order valence-corrected chi connectivity index (χ4v) is 3.63. The summed E-state index contributed by atoms with van der Waals surface area (Å²) >= 11 is 5.15. The van der Waals surface area contributed by atoms with Crippen molar-refractivity contribution in [1.82, 2.24) is 10.1 Å². The van der Waals surface area contributed by atoms with Crippen molar-refractivity contribution in [3.63, 3.8) is 0 Å². The Bertz CT molecular complexity index is 587. The van der Waals surface area contributed by atoms with Gasteiger partial charge in [0.2, 0.25) is 5.89 Å². The second kappa shape index (κ2) is 6.94. The van der Waals surface area contributed by atoms with Crippen LogP contribution >= 0.6 is 27.7 Å².